The van der Waals surface area contributed by atoms with Gasteiger partial charge in [-0.25, -0.2) is 4.98 Å². The van der Waals surface area contributed by atoms with Gasteiger partial charge < -0.3 is 10.5 Å². The summed E-state index contributed by atoms with van der Waals surface area (Å²) in [5.74, 6) is -0.498. The SMILES string of the molecule is Nc1ccc(C(F)(F)F)nc1-c1ccc(OC(F)(F)F)cc1. The van der Waals surface area contributed by atoms with E-state index in [1.165, 1.54) is 0 Å². The topological polar surface area (TPSA) is 48.1 Å². The third-order valence-electron chi connectivity index (χ3n) is 2.58. The van der Waals surface area contributed by atoms with Crippen molar-refractivity contribution in [3.63, 3.8) is 0 Å². The number of anilines is 1. The number of rotatable bonds is 2. The summed E-state index contributed by atoms with van der Waals surface area (Å²) in [6.07, 6.45) is -9.50. The Balaban J connectivity index is 2.36. The molecule has 0 aliphatic carbocycles. The third kappa shape index (κ3) is 3.80. The van der Waals surface area contributed by atoms with E-state index in [0.29, 0.717) is 0 Å². The first kappa shape index (κ1) is 15.9. The van der Waals surface area contributed by atoms with Crippen LogP contribution in [-0.2, 0) is 6.18 Å². The van der Waals surface area contributed by atoms with Gasteiger partial charge in [-0.1, -0.05) is 0 Å². The molecule has 0 unspecified atom stereocenters. The van der Waals surface area contributed by atoms with Crippen molar-refractivity contribution in [1.82, 2.24) is 4.98 Å². The number of ether oxygens (including phenoxy) is 1. The van der Waals surface area contributed by atoms with Gasteiger partial charge in [-0.05, 0) is 36.4 Å². The van der Waals surface area contributed by atoms with Crippen LogP contribution in [0.4, 0.5) is 32.0 Å². The predicted molar refractivity (Wildman–Crippen MR) is 65.8 cm³/mol. The fourth-order valence-corrected chi connectivity index (χ4v) is 1.67. The highest BCUT2D eigenvalue weighted by atomic mass is 19.4. The molecule has 0 saturated heterocycles. The lowest BCUT2D eigenvalue weighted by molar-refractivity contribution is -0.274. The quantitative estimate of drug-likeness (QED) is 0.841. The molecule has 0 radical (unpaired) electrons. The van der Waals surface area contributed by atoms with Crippen molar-refractivity contribution in [2.45, 2.75) is 12.5 Å². The van der Waals surface area contributed by atoms with Crippen LogP contribution in [0.5, 0.6) is 5.75 Å². The van der Waals surface area contributed by atoms with Crippen molar-refractivity contribution in [2.24, 2.45) is 0 Å². The molecule has 9 heteroatoms. The lowest BCUT2D eigenvalue weighted by Crippen LogP contribution is -2.17. The summed E-state index contributed by atoms with van der Waals surface area (Å²) < 4.78 is 77.6. The van der Waals surface area contributed by atoms with Gasteiger partial charge in [0.25, 0.3) is 0 Å². The smallest absolute Gasteiger partial charge is 0.406 e. The van der Waals surface area contributed by atoms with Gasteiger partial charge in [0.2, 0.25) is 0 Å². The molecular formula is C13H8F6N2O. The van der Waals surface area contributed by atoms with E-state index < -0.39 is 24.0 Å². The van der Waals surface area contributed by atoms with E-state index in [9.17, 15) is 26.3 Å². The van der Waals surface area contributed by atoms with Crippen molar-refractivity contribution in [1.29, 1.82) is 0 Å². The van der Waals surface area contributed by atoms with Gasteiger partial charge in [0.05, 0.1) is 11.4 Å². The molecule has 1 heterocycles. The Bertz CT molecular complexity index is 664. The average molecular weight is 322 g/mol. The van der Waals surface area contributed by atoms with Gasteiger partial charge in [-0.3, -0.25) is 0 Å². The monoisotopic (exact) mass is 322 g/mol. The Kier molecular flexibility index (Phi) is 3.90. The van der Waals surface area contributed by atoms with Gasteiger partial charge in [0.1, 0.15) is 11.4 Å². The molecule has 3 nitrogen and oxygen atoms in total. The largest absolute Gasteiger partial charge is 0.573 e. The number of hydrogen-bond acceptors (Lipinski definition) is 3. The Labute approximate surface area is 120 Å². The molecule has 0 amide bonds. The van der Waals surface area contributed by atoms with Crippen molar-refractivity contribution >= 4 is 5.69 Å². The minimum Gasteiger partial charge on any atom is -0.406 e. The molecule has 22 heavy (non-hydrogen) atoms. The highest BCUT2D eigenvalue weighted by Gasteiger charge is 2.33. The summed E-state index contributed by atoms with van der Waals surface area (Å²) in [5, 5.41) is 0. The summed E-state index contributed by atoms with van der Waals surface area (Å²) in [7, 11) is 0. The second-order valence-corrected chi connectivity index (χ2v) is 4.20. The number of hydrogen-bond donors (Lipinski definition) is 1. The van der Waals surface area contributed by atoms with Crippen LogP contribution in [0.2, 0.25) is 0 Å². The predicted octanol–water partition coefficient (Wildman–Crippen LogP) is 4.25. The third-order valence-corrected chi connectivity index (χ3v) is 2.58. The molecular weight excluding hydrogens is 314 g/mol. The van der Waals surface area contributed by atoms with E-state index in [4.69, 9.17) is 5.73 Å². The van der Waals surface area contributed by atoms with Crippen LogP contribution in [-0.4, -0.2) is 11.3 Å². The molecule has 2 rings (SSSR count). The standard InChI is InChI=1S/C13H8F6N2O/c14-12(15,16)10-6-5-9(20)11(21-10)7-1-3-8(4-2-7)22-13(17,18)19/h1-6H,20H2. The molecule has 2 N–H and O–H groups in total. The molecule has 1 aromatic heterocycles. The van der Waals surface area contributed by atoms with Crippen LogP contribution in [0.15, 0.2) is 36.4 Å². The van der Waals surface area contributed by atoms with Crippen LogP contribution < -0.4 is 10.5 Å². The highest BCUT2D eigenvalue weighted by molar-refractivity contribution is 5.73. The van der Waals surface area contributed by atoms with Crippen LogP contribution in [0, 0.1) is 0 Å². The van der Waals surface area contributed by atoms with Crippen LogP contribution in [0.25, 0.3) is 11.3 Å². The van der Waals surface area contributed by atoms with E-state index in [-0.39, 0.29) is 16.9 Å². The van der Waals surface area contributed by atoms with Crippen molar-refractivity contribution in [2.75, 3.05) is 5.73 Å². The lowest BCUT2D eigenvalue weighted by atomic mass is 10.1. The maximum atomic E-state index is 12.6. The van der Waals surface area contributed by atoms with Gasteiger partial charge in [0, 0.05) is 5.56 Å². The molecule has 118 valence electrons. The number of nitrogens with zero attached hydrogens (tertiary/aromatic N) is 1. The summed E-state index contributed by atoms with van der Waals surface area (Å²) in [5.41, 5.74) is 4.35. The van der Waals surface area contributed by atoms with Gasteiger partial charge in [-0.15, -0.1) is 13.2 Å². The number of aromatic nitrogens is 1. The molecule has 0 fully saturated rings. The molecule has 0 atom stereocenters. The average Bonchev–Trinajstić information content (AvgIpc) is 2.37. The summed E-state index contributed by atoms with van der Waals surface area (Å²) in [6.45, 7) is 0. The summed E-state index contributed by atoms with van der Waals surface area (Å²) in [6, 6.07) is 5.96. The Hall–Kier alpha value is -2.45. The first-order chi connectivity index (χ1) is 10.1. The van der Waals surface area contributed by atoms with Gasteiger partial charge in [0.15, 0.2) is 0 Å². The van der Waals surface area contributed by atoms with Crippen LogP contribution >= 0.6 is 0 Å². The lowest BCUT2D eigenvalue weighted by Gasteiger charge is -2.12. The zero-order valence-corrected chi connectivity index (χ0v) is 10.7. The number of pyridine rings is 1. The number of nitrogens with two attached hydrogens (primary N) is 1. The minimum atomic E-state index is -4.85. The van der Waals surface area contributed by atoms with Gasteiger partial charge in [-0.2, -0.15) is 13.2 Å². The van der Waals surface area contributed by atoms with Crippen LogP contribution in [0.1, 0.15) is 5.69 Å². The zero-order chi connectivity index (χ0) is 16.5. The number of nitrogen functional groups attached to an aromatic ring is 1. The molecule has 1 aromatic carbocycles. The van der Waals surface area contributed by atoms with Crippen molar-refractivity contribution in [3.05, 3.63) is 42.1 Å². The molecule has 2 aromatic rings. The first-order valence-corrected chi connectivity index (χ1v) is 5.76. The Morgan fingerprint density at radius 1 is 0.864 bits per heavy atom. The van der Waals surface area contributed by atoms with E-state index in [1.54, 1.807) is 0 Å². The van der Waals surface area contributed by atoms with Gasteiger partial charge >= 0.3 is 12.5 Å². The molecule has 0 aliphatic rings. The van der Waals surface area contributed by atoms with Crippen molar-refractivity contribution in [3.8, 4) is 17.0 Å². The number of benzene rings is 1. The van der Waals surface area contributed by atoms with Crippen LogP contribution in [0.3, 0.4) is 0 Å². The maximum Gasteiger partial charge on any atom is 0.573 e. The highest BCUT2D eigenvalue weighted by Crippen LogP contribution is 2.33. The fraction of sp³-hybridized carbons (Fsp3) is 0.154. The van der Waals surface area contributed by atoms with E-state index in [1.807, 2.05) is 0 Å². The van der Waals surface area contributed by atoms with Crippen molar-refractivity contribution < 1.29 is 31.1 Å². The fourth-order valence-electron chi connectivity index (χ4n) is 1.67. The Morgan fingerprint density at radius 2 is 1.45 bits per heavy atom. The first-order valence-electron chi connectivity index (χ1n) is 5.76. The van der Waals surface area contributed by atoms with E-state index >= 15 is 0 Å². The van der Waals surface area contributed by atoms with E-state index in [0.717, 1.165) is 36.4 Å². The number of alkyl halides is 6. The second-order valence-electron chi connectivity index (χ2n) is 4.20. The summed E-state index contributed by atoms with van der Waals surface area (Å²) >= 11 is 0. The minimum absolute atomic E-state index is 0.0301. The molecule has 0 spiro atoms. The molecule has 0 saturated carbocycles. The normalized spacial score (nSPS) is 12.3. The Morgan fingerprint density at radius 3 is 1.95 bits per heavy atom. The summed E-state index contributed by atoms with van der Waals surface area (Å²) in [4.78, 5) is 3.41. The second kappa shape index (κ2) is 5.39. The maximum absolute atomic E-state index is 12.6. The molecule has 0 aliphatic heterocycles. The zero-order valence-electron chi connectivity index (χ0n) is 10.7. The molecule has 0 bridgehead atoms. The van der Waals surface area contributed by atoms with E-state index in [2.05, 4.69) is 9.72 Å². The number of halogens is 6.